The van der Waals surface area contributed by atoms with Crippen molar-refractivity contribution in [3.63, 3.8) is 0 Å². The molecule has 0 radical (unpaired) electrons. The maximum Gasteiger partial charge on any atom is 0.433 e. The molecule has 0 aromatic carbocycles. The Bertz CT molecular complexity index is 993. The molecule has 7 nitrogen and oxygen atoms in total. The second-order valence-corrected chi connectivity index (χ2v) is 10.5. The zero-order chi connectivity index (χ0) is 22.1. The molecule has 2 spiro atoms. The third-order valence-corrected chi connectivity index (χ3v) is 7.91. The summed E-state index contributed by atoms with van der Waals surface area (Å²) in [6.45, 7) is 3.28. The number of likely N-dealkylation sites (tertiary alicyclic amines) is 2. The number of nitrogens with zero attached hydrogens (tertiary/aromatic N) is 5. The summed E-state index contributed by atoms with van der Waals surface area (Å²) in [6.07, 6.45) is 3.43. The van der Waals surface area contributed by atoms with Gasteiger partial charge in [0.05, 0.1) is 0 Å². The number of carbonyl (C=O) groups excluding carboxylic acids is 1. The van der Waals surface area contributed by atoms with Gasteiger partial charge in [-0.15, -0.1) is 0 Å². The first kappa shape index (κ1) is 20.0. The zero-order valence-corrected chi connectivity index (χ0v) is 17.6. The number of aromatic nitrogens is 4. The Morgan fingerprint density at radius 2 is 1.69 bits per heavy atom. The number of H-pyrrole nitrogens is 1. The second kappa shape index (κ2) is 6.68. The van der Waals surface area contributed by atoms with Crippen molar-refractivity contribution in [2.45, 2.75) is 44.2 Å². The summed E-state index contributed by atoms with van der Waals surface area (Å²) in [5, 5.41) is 6.86. The molecule has 2 aliphatic heterocycles. The summed E-state index contributed by atoms with van der Waals surface area (Å²) in [5.41, 5.74) is 0.492. The topological polar surface area (TPSA) is 78.0 Å². The van der Waals surface area contributed by atoms with E-state index in [2.05, 4.69) is 20.2 Å². The van der Waals surface area contributed by atoms with E-state index in [0.29, 0.717) is 11.8 Å². The molecule has 10 heteroatoms. The number of aromatic amines is 1. The van der Waals surface area contributed by atoms with E-state index < -0.39 is 11.9 Å². The van der Waals surface area contributed by atoms with Crippen LogP contribution in [0.2, 0.25) is 0 Å². The highest BCUT2D eigenvalue weighted by molar-refractivity contribution is 5.77. The fraction of sp³-hybridized carbons (Fsp3) is 0.636. The van der Waals surface area contributed by atoms with Gasteiger partial charge in [0.2, 0.25) is 0 Å². The Morgan fingerprint density at radius 3 is 2.22 bits per heavy atom. The molecule has 1 N–H and O–H groups in total. The quantitative estimate of drug-likeness (QED) is 0.783. The van der Waals surface area contributed by atoms with Crippen LogP contribution in [-0.4, -0.2) is 62.2 Å². The Labute approximate surface area is 183 Å². The van der Waals surface area contributed by atoms with Gasteiger partial charge in [0.25, 0.3) is 0 Å². The number of pyridine rings is 1. The van der Waals surface area contributed by atoms with Gasteiger partial charge in [-0.05, 0) is 49.7 Å². The molecular weight excluding hydrogens is 421 g/mol. The van der Waals surface area contributed by atoms with Crippen LogP contribution in [0.4, 0.5) is 18.0 Å². The summed E-state index contributed by atoms with van der Waals surface area (Å²) in [7, 11) is 0. The van der Waals surface area contributed by atoms with Crippen LogP contribution in [0.15, 0.2) is 24.7 Å². The van der Waals surface area contributed by atoms with Gasteiger partial charge in [-0.25, -0.2) is 9.78 Å². The van der Waals surface area contributed by atoms with Crippen molar-refractivity contribution in [1.29, 1.82) is 0 Å². The number of alkyl halides is 3. The van der Waals surface area contributed by atoms with Gasteiger partial charge in [-0.2, -0.15) is 18.3 Å². The maximum absolute atomic E-state index is 12.8. The minimum Gasteiger partial charge on any atom is -0.323 e. The molecule has 2 saturated carbocycles. The summed E-state index contributed by atoms with van der Waals surface area (Å²) >= 11 is 0. The van der Waals surface area contributed by atoms with Gasteiger partial charge in [-0.3, -0.25) is 10.1 Å². The summed E-state index contributed by atoms with van der Waals surface area (Å²) in [5.74, 6) is 1.85. The third kappa shape index (κ3) is 3.26. The summed E-state index contributed by atoms with van der Waals surface area (Å²) < 4.78 is 37.9. The van der Waals surface area contributed by atoms with E-state index in [1.165, 1.54) is 12.3 Å². The Morgan fingerprint density at radius 1 is 1.03 bits per heavy atom. The highest BCUT2D eigenvalue weighted by Gasteiger charge is 2.58. The first-order valence-corrected chi connectivity index (χ1v) is 11.1. The lowest BCUT2D eigenvalue weighted by Gasteiger charge is -2.63. The van der Waals surface area contributed by atoms with E-state index in [9.17, 15) is 18.0 Å². The number of hydrogen-bond acceptors (Lipinski definition) is 4. The summed E-state index contributed by atoms with van der Waals surface area (Å²) in [4.78, 5) is 24.5. The van der Waals surface area contributed by atoms with E-state index in [4.69, 9.17) is 0 Å². The van der Waals surface area contributed by atoms with Gasteiger partial charge in [-0.1, -0.05) is 6.07 Å². The lowest BCUT2D eigenvalue weighted by Crippen LogP contribution is -2.70. The minimum atomic E-state index is -4.39. The molecule has 4 aliphatic rings. The lowest BCUT2D eigenvalue weighted by molar-refractivity contribution is -0.141. The van der Waals surface area contributed by atoms with E-state index in [1.807, 2.05) is 9.80 Å². The molecule has 0 atom stereocenters. The van der Waals surface area contributed by atoms with Crippen LogP contribution in [0.25, 0.3) is 0 Å². The van der Waals surface area contributed by atoms with E-state index in [0.717, 1.165) is 75.7 Å². The number of nitrogens with one attached hydrogen (secondary N) is 1. The van der Waals surface area contributed by atoms with Crippen molar-refractivity contribution in [3.05, 3.63) is 41.7 Å². The lowest BCUT2D eigenvalue weighted by atomic mass is 9.56. The molecule has 170 valence electrons. The Balaban J connectivity index is 0.930. The summed E-state index contributed by atoms with van der Waals surface area (Å²) in [6, 6.07) is 2.74. The van der Waals surface area contributed by atoms with Gasteiger partial charge >= 0.3 is 12.2 Å². The highest BCUT2D eigenvalue weighted by atomic mass is 19.4. The number of halogens is 3. The zero-order valence-electron chi connectivity index (χ0n) is 17.6. The molecule has 4 heterocycles. The fourth-order valence-electron chi connectivity index (χ4n) is 6.46. The van der Waals surface area contributed by atoms with E-state index in [1.54, 1.807) is 6.33 Å². The molecule has 2 aliphatic carbocycles. The van der Waals surface area contributed by atoms with Crippen LogP contribution in [0.3, 0.4) is 0 Å². The van der Waals surface area contributed by atoms with Gasteiger partial charge in [0.1, 0.15) is 17.8 Å². The van der Waals surface area contributed by atoms with Gasteiger partial charge < -0.3 is 9.80 Å². The van der Waals surface area contributed by atoms with Crippen molar-refractivity contribution in [2.24, 2.45) is 16.7 Å². The Hall–Kier alpha value is -2.65. The van der Waals surface area contributed by atoms with Crippen LogP contribution < -0.4 is 0 Å². The predicted octanol–water partition coefficient (Wildman–Crippen LogP) is 3.47. The SMILES string of the molecule is O=C(N1CC2(CC(Cc3ccc(C(F)(F)F)nc3)C2)C1)N1CC2(CC(c3ncn[nH]3)C2)C1. The molecule has 0 unspecified atom stereocenters. The second-order valence-electron chi connectivity index (χ2n) is 10.5. The average molecular weight is 446 g/mol. The number of hydrogen-bond donors (Lipinski definition) is 1. The first-order valence-electron chi connectivity index (χ1n) is 11.1. The molecule has 4 fully saturated rings. The number of rotatable bonds is 3. The normalized spacial score (nSPS) is 24.1. The number of urea groups is 1. The van der Waals surface area contributed by atoms with Gasteiger partial charge in [0.15, 0.2) is 0 Å². The molecule has 2 amide bonds. The number of carbonyl (C=O) groups is 1. The molecule has 0 bridgehead atoms. The monoisotopic (exact) mass is 446 g/mol. The van der Waals surface area contributed by atoms with Gasteiger partial charge in [0, 0.05) is 49.1 Å². The molecule has 2 aromatic rings. The van der Waals surface area contributed by atoms with Crippen molar-refractivity contribution >= 4 is 6.03 Å². The van der Waals surface area contributed by atoms with Crippen molar-refractivity contribution in [2.75, 3.05) is 26.2 Å². The minimum absolute atomic E-state index is 0.153. The molecular formula is C22H25F3N6O. The van der Waals surface area contributed by atoms with Crippen LogP contribution in [0.1, 0.15) is 48.7 Å². The fourth-order valence-corrected chi connectivity index (χ4v) is 6.46. The van der Waals surface area contributed by atoms with Crippen molar-refractivity contribution in [1.82, 2.24) is 30.0 Å². The third-order valence-electron chi connectivity index (χ3n) is 7.91. The highest BCUT2D eigenvalue weighted by Crippen LogP contribution is 2.57. The van der Waals surface area contributed by atoms with Crippen LogP contribution in [0, 0.1) is 16.7 Å². The smallest absolute Gasteiger partial charge is 0.323 e. The van der Waals surface area contributed by atoms with Crippen LogP contribution >= 0.6 is 0 Å². The predicted molar refractivity (Wildman–Crippen MR) is 107 cm³/mol. The van der Waals surface area contributed by atoms with Crippen LogP contribution in [0.5, 0.6) is 0 Å². The van der Waals surface area contributed by atoms with Crippen LogP contribution in [-0.2, 0) is 12.6 Å². The van der Waals surface area contributed by atoms with Crippen molar-refractivity contribution in [3.8, 4) is 0 Å². The molecule has 2 aromatic heterocycles. The average Bonchev–Trinajstić information content (AvgIpc) is 3.14. The maximum atomic E-state index is 12.8. The largest absolute Gasteiger partial charge is 0.433 e. The van der Waals surface area contributed by atoms with Crippen molar-refractivity contribution < 1.29 is 18.0 Å². The molecule has 2 saturated heterocycles. The first-order chi connectivity index (χ1) is 15.2. The number of amides is 2. The Kier molecular flexibility index (Phi) is 4.17. The van der Waals surface area contributed by atoms with E-state index in [-0.39, 0.29) is 16.9 Å². The standard InChI is InChI=1S/C22H25F3N6O/c23-22(24,25)17-2-1-14(8-26-17)3-15-4-20(5-15)9-30(10-20)19(32)31-11-21(12-31)6-16(7-21)18-27-13-28-29-18/h1-2,8,13,15-16H,3-7,9-12H2,(H,27,28,29). The van der Waals surface area contributed by atoms with E-state index >= 15 is 0 Å². The molecule has 32 heavy (non-hydrogen) atoms. The molecule has 6 rings (SSSR count).